The maximum Gasteiger partial charge on any atom is 0.274 e. The van der Waals surface area contributed by atoms with E-state index in [1.165, 1.54) is 4.68 Å². The lowest BCUT2D eigenvalue weighted by Crippen LogP contribution is -2.32. The molecule has 0 aliphatic rings. The number of nitrogens with zero attached hydrogens (tertiary/aromatic N) is 3. The Morgan fingerprint density at radius 2 is 1.79 bits per heavy atom. The predicted octanol–water partition coefficient (Wildman–Crippen LogP) is 3.67. The Bertz CT molecular complexity index is 1010. The average molecular weight is 393 g/mol. The number of amides is 1. The van der Waals surface area contributed by atoms with Gasteiger partial charge in [0.25, 0.3) is 5.56 Å². The first-order chi connectivity index (χ1) is 14.1. The third-order valence-corrected chi connectivity index (χ3v) is 5.07. The number of hydrogen-bond acceptors (Lipinski definition) is 4. The van der Waals surface area contributed by atoms with Crippen LogP contribution in [-0.2, 0) is 17.9 Å². The number of carbonyl (C=O) groups excluding carboxylic acids is 1. The van der Waals surface area contributed by atoms with E-state index in [0.29, 0.717) is 24.2 Å². The lowest BCUT2D eigenvalue weighted by atomic mass is 9.97. The molecule has 2 heterocycles. The normalized spacial score (nSPS) is 11.1. The van der Waals surface area contributed by atoms with E-state index in [-0.39, 0.29) is 17.4 Å². The molecule has 0 saturated heterocycles. The van der Waals surface area contributed by atoms with Crippen LogP contribution in [-0.4, -0.2) is 20.7 Å². The molecule has 152 valence electrons. The Labute approximate surface area is 171 Å². The van der Waals surface area contributed by atoms with Gasteiger partial charge in [-0.05, 0) is 30.5 Å². The van der Waals surface area contributed by atoms with Crippen molar-refractivity contribution in [2.75, 3.05) is 0 Å². The van der Waals surface area contributed by atoms with E-state index in [9.17, 15) is 9.59 Å². The van der Waals surface area contributed by atoms with Crippen LogP contribution >= 0.6 is 0 Å². The van der Waals surface area contributed by atoms with Gasteiger partial charge in [0, 0.05) is 23.7 Å². The molecule has 1 aromatic carbocycles. The fraction of sp³-hybridized carbons (Fsp3) is 0.391. The Balaban J connectivity index is 1.89. The lowest BCUT2D eigenvalue weighted by molar-refractivity contribution is -0.125. The Morgan fingerprint density at radius 3 is 2.45 bits per heavy atom. The molecule has 1 N–H and O–H groups in total. The van der Waals surface area contributed by atoms with Crippen LogP contribution in [0, 0.1) is 5.92 Å². The van der Waals surface area contributed by atoms with Gasteiger partial charge in [-0.25, -0.2) is 4.68 Å². The van der Waals surface area contributed by atoms with Crippen molar-refractivity contribution in [2.24, 2.45) is 5.92 Å². The number of hydrogen-bond donors (Lipinski definition) is 1. The highest BCUT2D eigenvalue weighted by Gasteiger charge is 2.17. The highest BCUT2D eigenvalue weighted by Crippen LogP contribution is 2.16. The minimum atomic E-state index is -0.144. The van der Waals surface area contributed by atoms with E-state index in [0.717, 1.165) is 36.6 Å². The molecule has 0 radical (unpaired) electrons. The second-order valence-electron chi connectivity index (χ2n) is 7.31. The number of fused-ring (bicyclic) bond motifs is 1. The Kier molecular flexibility index (Phi) is 7.11. The number of nitrogens with one attached hydrogen (secondary N) is 1. The molecule has 0 aliphatic carbocycles. The third-order valence-electron chi connectivity index (χ3n) is 5.07. The monoisotopic (exact) mass is 392 g/mol. The molecule has 0 atom stereocenters. The molecule has 3 aromatic rings. The maximum atomic E-state index is 12.9. The molecular formula is C23H28N4O2. The van der Waals surface area contributed by atoms with Gasteiger partial charge in [0.2, 0.25) is 5.91 Å². The van der Waals surface area contributed by atoms with E-state index in [1.54, 1.807) is 18.5 Å². The van der Waals surface area contributed by atoms with Crippen LogP contribution in [0.1, 0.15) is 50.8 Å². The zero-order chi connectivity index (χ0) is 20.6. The summed E-state index contributed by atoms with van der Waals surface area (Å²) < 4.78 is 1.45. The van der Waals surface area contributed by atoms with E-state index >= 15 is 0 Å². The zero-order valence-electron chi connectivity index (χ0n) is 17.1. The largest absolute Gasteiger partial charge is 0.350 e. The van der Waals surface area contributed by atoms with Crippen LogP contribution in [0.3, 0.4) is 0 Å². The minimum Gasteiger partial charge on any atom is -0.350 e. The van der Waals surface area contributed by atoms with Gasteiger partial charge in [-0.2, -0.15) is 5.10 Å². The molecule has 0 spiro atoms. The molecule has 1 amide bonds. The average Bonchev–Trinajstić information content (AvgIpc) is 2.75. The second kappa shape index (κ2) is 9.96. The number of carbonyl (C=O) groups is 1. The smallest absolute Gasteiger partial charge is 0.274 e. The lowest BCUT2D eigenvalue weighted by Gasteiger charge is -2.16. The molecule has 6 heteroatoms. The van der Waals surface area contributed by atoms with Gasteiger partial charge < -0.3 is 5.32 Å². The van der Waals surface area contributed by atoms with Gasteiger partial charge in [0.1, 0.15) is 0 Å². The first-order valence-corrected chi connectivity index (χ1v) is 10.3. The molecule has 0 fully saturated rings. The van der Waals surface area contributed by atoms with Crippen molar-refractivity contribution in [1.29, 1.82) is 0 Å². The summed E-state index contributed by atoms with van der Waals surface area (Å²) in [7, 11) is 0. The van der Waals surface area contributed by atoms with Crippen LogP contribution in [0.5, 0.6) is 0 Å². The molecular weight excluding hydrogens is 364 g/mol. The fourth-order valence-corrected chi connectivity index (χ4v) is 3.63. The van der Waals surface area contributed by atoms with Crippen molar-refractivity contribution in [3.05, 3.63) is 70.4 Å². The molecule has 0 aliphatic heterocycles. The Morgan fingerprint density at radius 1 is 1.07 bits per heavy atom. The van der Waals surface area contributed by atoms with Gasteiger partial charge in [-0.1, -0.05) is 51.0 Å². The van der Waals surface area contributed by atoms with Crippen molar-refractivity contribution >= 4 is 16.7 Å². The molecule has 0 unspecified atom stereocenters. The number of aromatic nitrogens is 3. The summed E-state index contributed by atoms with van der Waals surface area (Å²) in [6.45, 7) is 4.84. The standard InChI is InChI=1S/C23H28N4O2/c1-3-8-18(9-4-2)22(28)25-15-21-19-11-5-6-12-20(19)23(29)27(26-21)16-17-10-7-13-24-14-17/h5-7,10-14,18H,3-4,8-9,15-16H2,1-2H3,(H,25,28). The SMILES string of the molecule is CCCC(CCC)C(=O)NCc1nn(Cc2cccnc2)c(=O)c2ccccc12. The highest BCUT2D eigenvalue weighted by molar-refractivity contribution is 5.84. The van der Waals surface area contributed by atoms with Crippen molar-refractivity contribution in [2.45, 2.75) is 52.6 Å². The van der Waals surface area contributed by atoms with Gasteiger partial charge in [-0.15, -0.1) is 0 Å². The van der Waals surface area contributed by atoms with E-state index in [4.69, 9.17) is 0 Å². The molecule has 3 rings (SSSR count). The maximum absolute atomic E-state index is 12.9. The summed E-state index contributed by atoms with van der Waals surface area (Å²) in [6, 6.07) is 11.2. The van der Waals surface area contributed by atoms with Crippen molar-refractivity contribution in [3.8, 4) is 0 Å². The van der Waals surface area contributed by atoms with Crippen LogP contribution < -0.4 is 10.9 Å². The van der Waals surface area contributed by atoms with Gasteiger partial charge in [0.15, 0.2) is 0 Å². The summed E-state index contributed by atoms with van der Waals surface area (Å²) in [5, 5.41) is 9.01. The molecule has 2 aromatic heterocycles. The summed E-state index contributed by atoms with van der Waals surface area (Å²) in [5.74, 6) is 0.0853. The molecule has 0 saturated carbocycles. The topological polar surface area (TPSA) is 76.9 Å². The molecule has 6 nitrogen and oxygen atoms in total. The number of benzene rings is 1. The summed E-state index contributed by atoms with van der Waals surface area (Å²) in [6.07, 6.45) is 7.15. The van der Waals surface area contributed by atoms with Crippen LogP contribution in [0.4, 0.5) is 0 Å². The zero-order valence-corrected chi connectivity index (χ0v) is 17.1. The highest BCUT2D eigenvalue weighted by atomic mass is 16.2. The van der Waals surface area contributed by atoms with Crippen molar-refractivity contribution in [1.82, 2.24) is 20.1 Å². The molecule has 0 bridgehead atoms. The number of rotatable bonds is 9. The summed E-state index contributed by atoms with van der Waals surface area (Å²) >= 11 is 0. The van der Waals surface area contributed by atoms with E-state index < -0.39 is 0 Å². The first-order valence-electron chi connectivity index (χ1n) is 10.3. The predicted molar refractivity (Wildman–Crippen MR) is 114 cm³/mol. The first kappa shape index (κ1) is 20.7. The quantitative estimate of drug-likeness (QED) is 0.603. The molecule has 29 heavy (non-hydrogen) atoms. The van der Waals surface area contributed by atoms with Gasteiger partial charge in [-0.3, -0.25) is 14.6 Å². The Hall–Kier alpha value is -3.02. The fourth-order valence-electron chi connectivity index (χ4n) is 3.63. The van der Waals surface area contributed by atoms with Crippen LogP contribution in [0.2, 0.25) is 0 Å². The van der Waals surface area contributed by atoms with Gasteiger partial charge >= 0.3 is 0 Å². The second-order valence-corrected chi connectivity index (χ2v) is 7.31. The van der Waals surface area contributed by atoms with Gasteiger partial charge in [0.05, 0.1) is 24.2 Å². The summed E-state index contributed by atoms with van der Waals surface area (Å²) in [4.78, 5) is 29.7. The van der Waals surface area contributed by atoms with Crippen LogP contribution in [0.25, 0.3) is 10.8 Å². The van der Waals surface area contributed by atoms with Crippen molar-refractivity contribution < 1.29 is 4.79 Å². The van der Waals surface area contributed by atoms with Crippen molar-refractivity contribution in [3.63, 3.8) is 0 Å². The van der Waals surface area contributed by atoms with Crippen LogP contribution in [0.15, 0.2) is 53.6 Å². The minimum absolute atomic E-state index is 0.0255. The van der Waals surface area contributed by atoms with E-state index in [2.05, 4.69) is 29.2 Å². The summed E-state index contributed by atoms with van der Waals surface area (Å²) in [5.41, 5.74) is 1.46. The number of pyridine rings is 1. The van der Waals surface area contributed by atoms with E-state index in [1.807, 2.05) is 30.3 Å². The third kappa shape index (κ3) is 5.08.